The van der Waals surface area contributed by atoms with E-state index in [1.807, 2.05) is 19.1 Å². The third-order valence-electron chi connectivity index (χ3n) is 2.32. The lowest BCUT2D eigenvalue weighted by Crippen LogP contribution is -2.33. The predicted molar refractivity (Wildman–Crippen MR) is 67.8 cm³/mol. The summed E-state index contributed by atoms with van der Waals surface area (Å²) in [5.41, 5.74) is 0.541. The van der Waals surface area contributed by atoms with Crippen LogP contribution in [0.25, 0.3) is 0 Å². The molecule has 1 amide bonds. The van der Waals surface area contributed by atoms with Crippen LogP contribution in [-0.2, 0) is 0 Å². The lowest BCUT2D eigenvalue weighted by atomic mass is 10.0. The van der Waals surface area contributed by atoms with Crippen molar-refractivity contribution in [1.82, 2.24) is 5.32 Å². The highest BCUT2D eigenvalue weighted by atomic mass is 35.5. The molecule has 0 bridgehead atoms. The van der Waals surface area contributed by atoms with Gasteiger partial charge in [-0.2, -0.15) is 0 Å². The van der Waals surface area contributed by atoms with Gasteiger partial charge in [-0.25, -0.2) is 0 Å². The van der Waals surface area contributed by atoms with Crippen LogP contribution in [0.15, 0.2) is 24.3 Å². The Morgan fingerprint density at radius 3 is 2.50 bits per heavy atom. The first-order valence-electron chi connectivity index (χ1n) is 5.56. The van der Waals surface area contributed by atoms with Gasteiger partial charge in [-0.15, -0.1) is 0 Å². The number of carbonyl (C=O) groups excluding carboxylic acids is 1. The van der Waals surface area contributed by atoms with E-state index in [1.165, 1.54) is 0 Å². The molecule has 0 saturated carbocycles. The Morgan fingerprint density at radius 2 is 1.94 bits per heavy atom. The SMILES string of the molecule is CC(C)C[C@@H](C)NC(=O)c1ccccc1Cl. The highest BCUT2D eigenvalue weighted by Gasteiger charge is 2.12. The zero-order valence-corrected chi connectivity index (χ0v) is 10.7. The fourth-order valence-electron chi connectivity index (χ4n) is 1.71. The number of benzene rings is 1. The number of carbonyl (C=O) groups is 1. The van der Waals surface area contributed by atoms with E-state index in [1.54, 1.807) is 12.1 Å². The Hall–Kier alpha value is -1.02. The predicted octanol–water partition coefficient (Wildman–Crippen LogP) is 3.50. The fraction of sp³-hybridized carbons (Fsp3) is 0.462. The molecule has 1 atom stereocenters. The number of amides is 1. The quantitative estimate of drug-likeness (QED) is 0.856. The second-order valence-electron chi connectivity index (χ2n) is 4.48. The highest BCUT2D eigenvalue weighted by Crippen LogP contribution is 2.15. The van der Waals surface area contributed by atoms with E-state index >= 15 is 0 Å². The van der Waals surface area contributed by atoms with E-state index < -0.39 is 0 Å². The van der Waals surface area contributed by atoms with Gasteiger partial charge in [0.1, 0.15) is 0 Å². The maximum atomic E-state index is 11.9. The van der Waals surface area contributed by atoms with Gasteiger partial charge in [0.2, 0.25) is 0 Å². The molecular formula is C13H18ClNO. The van der Waals surface area contributed by atoms with Gasteiger partial charge in [0.25, 0.3) is 5.91 Å². The minimum absolute atomic E-state index is 0.0984. The van der Waals surface area contributed by atoms with Crippen molar-refractivity contribution < 1.29 is 4.79 Å². The van der Waals surface area contributed by atoms with Crippen LogP contribution in [0.5, 0.6) is 0 Å². The molecule has 0 saturated heterocycles. The lowest BCUT2D eigenvalue weighted by molar-refractivity contribution is 0.0936. The van der Waals surface area contributed by atoms with Gasteiger partial charge in [-0.05, 0) is 31.4 Å². The molecule has 0 aliphatic heterocycles. The highest BCUT2D eigenvalue weighted by molar-refractivity contribution is 6.33. The molecule has 0 fully saturated rings. The number of halogens is 1. The van der Waals surface area contributed by atoms with E-state index in [0.29, 0.717) is 16.5 Å². The molecule has 16 heavy (non-hydrogen) atoms. The third-order valence-corrected chi connectivity index (χ3v) is 2.65. The standard InChI is InChI=1S/C13H18ClNO/c1-9(2)8-10(3)15-13(16)11-6-4-5-7-12(11)14/h4-7,9-10H,8H2,1-3H3,(H,15,16)/t10-/m1/s1. The Bertz CT molecular complexity index is 363. The van der Waals surface area contributed by atoms with Crippen molar-refractivity contribution in [2.45, 2.75) is 33.2 Å². The fourth-order valence-corrected chi connectivity index (χ4v) is 1.93. The maximum absolute atomic E-state index is 11.9. The van der Waals surface area contributed by atoms with Crippen molar-refractivity contribution in [2.24, 2.45) is 5.92 Å². The van der Waals surface area contributed by atoms with Crippen LogP contribution in [0.3, 0.4) is 0 Å². The third kappa shape index (κ3) is 3.86. The van der Waals surface area contributed by atoms with E-state index in [-0.39, 0.29) is 11.9 Å². The number of nitrogens with one attached hydrogen (secondary N) is 1. The van der Waals surface area contributed by atoms with Crippen molar-refractivity contribution >= 4 is 17.5 Å². The van der Waals surface area contributed by atoms with Crippen LogP contribution in [0.2, 0.25) is 5.02 Å². The molecule has 0 aromatic heterocycles. The Labute approximate surface area is 102 Å². The molecule has 1 aromatic rings. The molecule has 0 aliphatic carbocycles. The average molecular weight is 240 g/mol. The van der Waals surface area contributed by atoms with E-state index in [4.69, 9.17) is 11.6 Å². The van der Waals surface area contributed by atoms with Crippen LogP contribution in [0.1, 0.15) is 37.6 Å². The molecule has 0 unspecified atom stereocenters. The van der Waals surface area contributed by atoms with Crippen molar-refractivity contribution in [3.05, 3.63) is 34.9 Å². The van der Waals surface area contributed by atoms with Gasteiger partial charge >= 0.3 is 0 Å². The summed E-state index contributed by atoms with van der Waals surface area (Å²) in [6.45, 7) is 6.28. The lowest BCUT2D eigenvalue weighted by Gasteiger charge is -2.16. The largest absolute Gasteiger partial charge is 0.350 e. The summed E-state index contributed by atoms with van der Waals surface area (Å²) in [4.78, 5) is 11.9. The molecule has 1 N–H and O–H groups in total. The summed E-state index contributed by atoms with van der Waals surface area (Å²) < 4.78 is 0. The van der Waals surface area contributed by atoms with Crippen molar-refractivity contribution in [1.29, 1.82) is 0 Å². The van der Waals surface area contributed by atoms with Crippen LogP contribution < -0.4 is 5.32 Å². The van der Waals surface area contributed by atoms with Gasteiger partial charge in [0, 0.05) is 6.04 Å². The molecule has 1 rings (SSSR count). The molecular weight excluding hydrogens is 222 g/mol. The minimum Gasteiger partial charge on any atom is -0.350 e. The molecule has 3 heteroatoms. The van der Waals surface area contributed by atoms with Crippen LogP contribution in [0.4, 0.5) is 0 Å². The van der Waals surface area contributed by atoms with Gasteiger partial charge in [-0.1, -0.05) is 37.6 Å². The van der Waals surface area contributed by atoms with Crippen molar-refractivity contribution in [2.75, 3.05) is 0 Å². The van der Waals surface area contributed by atoms with E-state index in [9.17, 15) is 4.79 Å². The molecule has 0 heterocycles. The van der Waals surface area contributed by atoms with Gasteiger partial charge < -0.3 is 5.32 Å². The van der Waals surface area contributed by atoms with Gasteiger partial charge in [0.05, 0.1) is 10.6 Å². The summed E-state index contributed by atoms with van der Waals surface area (Å²) in [5, 5.41) is 3.44. The summed E-state index contributed by atoms with van der Waals surface area (Å²) in [6, 6.07) is 7.26. The Kier molecular flexibility index (Phi) is 4.81. The summed E-state index contributed by atoms with van der Waals surface area (Å²) in [6.07, 6.45) is 0.968. The first-order chi connectivity index (χ1) is 7.50. The average Bonchev–Trinajstić information content (AvgIpc) is 2.16. The van der Waals surface area contributed by atoms with Crippen molar-refractivity contribution in [3.63, 3.8) is 0 Å². The second kappa shape index (κ2) is 5.90. The molecule has 0 aliphatic rings. The number of hydrogen-bond donors (Lipinski definition) is 1. The van der Waals surface area contributed by atoms with Gasteiger partial charge in [-0.3, -0.25) is 4.79 Å². The Balaban J connectivity index is 2.63. The van der Waals surface area contributed by atoms with Crippen LogP contribution in [0, 0.1) is 5.92 Å². The smallest absolute Gasteiger partial charge is 0.252 e. The Morgan fingerprint density at radius 1 is 1.31 bits per heavy atom. The van der Waals surface area contributed by atoms with Crippen LogP contribution in [-0.4, -0.2) is 11.9 Å². The zero-order chi connectivity index (χ0) is 12.1. The van der Waals surface area contributed by atoms with E-state index in [2.05, 4.69) is 19.2 Å². The minimum atomic E-state index is -0.0984. The topological polar surface area (TPSA) is 29.1 Å². The van der Waals surface area contributed by atoms with E-state index in [0.717, 1.165) is 6.42 Å². The van der Waals surface area contributed by atoms with Crippen LogP contribution >= 0.6 is 11.6 Å². The molecule has 1 aromatic carbocycles. The molecule has 88 valence electrons. The number of hydrogen-bond acceptors (Lipinski definition) is 1. The van der Waals surface area contributed by atoms with Gasteiger partial charge in [0.15, 0.2) is 0 Å². The monoisotopic (exact) mass is 239 g/mol. The maximum Gasteiger partial charge on any atom is 0.252 e. The number of rotatable bonds is 4. The molecule has 2 nitrogen and oxygen atoms in total. The van der Waals surface area contributed by atoms with Crippen molar-refractivity contribution in [3.8, 4) is 0 Å². The first-order valence-corrected chi connectivity index (χ1v) is 5.94. The zero-order valence-electron chi connectivity index (χ0n) is 9.96. The second-order valence-corrected chi connectivity index (χ2v) is 4.89. The molecule has 0 spiro atoms. The molecule has 0 radical (unpaired) electrons. The summed E-state index contributed by atoms with van der Waals surface area (Å²) >= 11 is 5.95. The summed E-state index contributed by atoms with van der Waals surface area (Å²) in [7, 11) is 0. The summed E-state index contributed by atoms with van der Waals surface area (Å²) in [5.74, 6) is 0.472. The normalized spacial score (nSPS) is 12.6. The first kappa shape index (κ1) is 13.0.